The summed E-state index contributed by atoms with van der Waals surface area (Å²) in [6, 6.07) is 10.1. The lowest BCUT2D eigenvalue weighted by Crippen LogP contribution is -2.14. The Morgan fingerprint density at radius 2 is 1.83 bits per heavy atom. The van der Waals surface area contributed by atoms with Gasteiger partial charge < -0.3 is 14.8 Å². The van der Waals surface area contributed by atoms with Gasteiger partial charge in [0.1, 0.15) is 17.3 Å². The summed E-state index contributed by atoms with van der Waals surface area (Å²) in [5.41, 5.74) is 2.97. The summed E-state index contributed by atoms with van der Waals surface area (Å²) in [5, 5.41) is 3.29. The first-order valence-electron chi connectivity index (χ1n) is 7.41. The van der Waals surface area contributed by atoms with E-state index >= 15 is 0 Å². The molecule has 0 atom stereocenters. The van der Waals surface area contributed by atoms with Gasteiger partial charge in [-0.25, -0.2) is 9.97 Å². The number of imidazole rings is 1. The second-order valence-electron chi connectivity index (χ2n) is 5.64. The smallest absolute Gasteiger partial charge is 0.230 e. The van der Waals surface area contributed by atoms with E-state index in [9.17, 15) is 0 Å². The summed E-state index contributed by atoms with van der Waals surface area (Å²) in [4.78, 5) is 15.4. The lowest BCUT2D eigenvalue weighted by molar-refractivity contribution is 0.915. The predicted molar refractivity (Wildman–Crippen MR) is 93.0 cm³/mol. The summed E-state index contributed by atoms with van der Waals surface area (Å²) < 4.78 is 1.93. The van der Waals surface area contributed by atoms with Crippen LogP contribution in [0.25, 0.3) is 11.3 Å². The number of hydrogen-bond donors (Lipinski definition) is 1. The Bertz CT molecular complexity index is 807. The molecule has 23 heavy (non-hydrogen) atoms. The predicted octanol–water partition coefficient (Wildman–Crippen LogP) is 3.00. The molecule has 3 rings (SSSR count). The Hall–Kier alpha value is -2.89. The fourth-order valence-electron chi connectivity index (χ4n) is 2.44. The van der Waals surface area contributed by atoms with Crippen molar-refractivity contribution in [1.82, 2.24) is 19.5 Å². The molecular weight excluding hydrogens is 288 g/mol. The van der Waals surface area contributed by atoms with Crippen LogP contribution in [0.4, 0.5) is 17.6 Å². The van der Waals surface area contributed by atoms with Gasteiger partial charge in [-0.15, -0.1) is 0 Å². The number of rotatable bonds is 4. The van der Waals surface area contributed by atoms with Gasteiger partial charge in [-0.1, -0.05) is 30.3 Å². The third-order valence-corrected chi connectivity index (χ3v) is 3.58. The molecule has 118 valence electrons. The Labute approximate surface area is 135 Å². The number of aryl methyl sites for hydroxylation is 2. The van der Waals surface area contributed by atoms with E-state index < -0.39 is 0 Å². The maximum absolute atomic E-state index is 4.59. The zero-order chi connectivity index (χ0) is 16.4. The lowest BCUT2D eigenvalue weighted by Gasteiger charge is -2.15. The lowest BCUT2D eigenvalue weighted by atomic mass is 10.1. The van der Waals surface area contributed by atoms with Gasteiger partial charge in [-0.05, 0) is 6.92 Å². The molecule has 0 bridgehead atoms. The van der Waals surface area contributed by atoms with E-state index in [4.69, 9.17) is 0 Å². The van der Waals surface area contributed by atoms with Crippen LogP contribution < -0.4 is 10.2 Å². The maximum atomic E-state index is 4.59. The maximum Gasteiger partial charge on any atom is 0.230 e. The molecule has 0 spiro atoms. The minimum absolute atomic E-state index is 0.556. The molecule has 2 aromatic heterocycles. The van der Waals surface area contributed by atoms with E-state index in [0.29, 0.717) is 5.95 Å². The molecule has 0 aliphatic heterocycles. The van der Waals surface area contributed by atoms with Gasteiger partial charge in [0.05, 0.1) is 6.33 Å². The fraction of sp³-hybridized carbons (Fsp3) is 0.235. The monoisotopic (exact) mass is 308 g/mol. The summed E-state index contributed by atoms with van der Waals surface area (Å²) in [7, 11) is 5.89. The molecule has 0 amide bonds. The van der Waals surface area contributed by atoms with Gasteiger partial charge in [0.25, 0.3) is 0 Å². The Morgan fingerprint density at radius 1 is 1.09 bits per heavy atom. The van der Waals surface area contributed by atoms with Crippen LogP contribution in [-0.4, -0.2) is 33.6 Å². The first kappa shape index (κ1) is 15.0. The van der Waals surface area contributed by atoms with Crippen molar-refractivity contribution in [2.45, 2.75) is 6.92 Å². The topological polar surface area (TPSA) is 58.9 Å². The number of benzene rings is 1. The molecule has 6 heteroatoms. The normalized spacial score (nSPS) is 10.6. The van der Waals surface area contributed by atoms with Crippen LogP contribution >= 0.6 is 0 Å². The first-order chi connectivity index (χ1) is 11.1. The minimum atomic E-state index is 0.556. The van der Waals surface area contributed by atoms with E-state index in [2.05, 4.69) is 20.3 Å². The van der Waals surface area contributed by atoms with E-state index in [0.717, 1.165) is 28.5 Å². The van der Waals surface area contributed by atoms with Crippen LogP contribution in [0.3, 0.4) is 0 Å². The minimum Gasteiger partial charge on any atom is -0.362 e. The van der Waals surface area contributed by atoms with Crippen LogP contribution in [0.5, 0.6) is 0 Å². The molecule has 0 saturated carbocycles. The Balaban J connectivity index is 1.98. The van der Waals surface area contributed by atoms with E-state index in [1.165, 1.54) is 0 Å². The molecule has 1 aromatic carbocycles. The molecule has 3 aromatic rings. The molecule has 0 aliphatic rings. The SMILES string of the molecule is Cc1cnc(Nc2c(-c3ccccc3)ncn2C)nc1N(C)C. The van der Waals surface area contributed by atoms with Crippen molar-refractivity contribution in [2.24, 2.45) is 7.05 Å². The van der Waals surface area contributed by atoms with E-state index in [1.54, 1.807) is 6.33 Å². The highest BCUT2D eigenvalue weighted by atomic mass is 15.2. The van der Waals surface area contributed by atoms with Crippen molar-refractivity contribution in [3.05, 3.63) is 48.4 Å². The van der Waals surface area contributed by atoms with Crippen molar-refractivity contribution in [1.29, 1.82) is 0 Å². The van der Waals surface area contributed by atoms with Crippen molar-refractivity contribution in [3.63, 3.8) is 0 Å². The van der Waals surface area contributed by atoms with Gasteiger partial charge in [-0.3, -0.25) is 0 Å². The summed E-state index contributed by atoms with van der Waals surface area (Å²) in [6.07, 6.45) is 3.61. The van der Waals surface area contributed by atoms with E-state index in [-0.39, 0.29) is 0 Å². The largest absolute Gasteiger partial charge is 0.362 e. The van der Waals surface area contributed by atoms with Crippen molar-refractivity contribution in [3.8, 4) is 11.3 Å². The molecule has 0 aliphatic carbocycles. The standard InChI is InChI=1S/C17H20N6/c1-12-10-18-17(20-15(12)22(2)3)21-16-14(19-11-23(16)4)13-8-6-5-7-9-13/h5-11H,1-4H3,(H,18,20,21). The van der Waals surface area contributed by atoms with Crippen LogP contribution in [0, 0.1) is 6.92 Å². The third-order valence-electron chi connectivity index (χ3n) is 3.58. The van der Waals surface area contributed by atoms with E-state index in [1.807, 2.05) is 74.1 Å². The number of anilines is 3. The highest BCUT2D eigenvalue weighted by Gasteiger charge is 2.13. The van der Waals surface area contributed by atoms with Crippen LogP contribution in [0.1, 0.15) is 5.56 Å². The first-order valence-corrected chi connectivity index (χ1v) is 7.41. The number of nitrogens with one attached hydrogen (secondary N) is 1. The van der Waals surface area contributed by atoms with Gasteiger partial charge in [0.15, 0.2) is 0 Å². The quantitative estimate of drug-likeness (QED) is 0.803. The van der Waals surface area contributed by atoms with Crippen molar-refractivity contribution >= 4 is 17.6 Å². The zero-order valence-corrected chi connectivity index (χ0v) is 13.8. The highest BCUT2D eigenvalue weighted by molar-refractivity contribution is 5.74. The third kappa shape index (κ3) is 3.01. The Kier molecular flexibility index (Phi) is 3.97. The molecule has 0 saturated heterocycles. The van der Waals surface area contributed by atoms with Gasteiger partial charge >= 0.3 is 0 Å². The van der Waals surface area contributed by atoms with Crippen molar-refractivity contribution < 1.29 is 0 Å². The second kappa shape index (κ2) is 6.08. The second-order valence-corrected chi connectivity index (χ2v) is 5.64. The molecule has 6 nitrogen and oxygen atoms in total. The van der Waals surface area contributed by atoms with Crippen LogP contribution in [-0.2, 0) is 7.05 Å². The van der Waals surface area contributed by atoms with Gasteiger partial charge in [-0.2, -0.15) is 4.98 Å². The number of nitrogens with zero attached hydrogens (tertiary/aromatic N) is 5. The van der Waals surface area contributed by atoms with Crippen LogP contribution in [0.15, 0.2) is 42.9 Å². The molecule has 0 fully saturated rings. The van der Waals surface area contributed by atoms with Gasteiger partial charge in [0, 0.05) is 38.5 Å². The van der Waals surface area contributed by atoms with Crippen LogP contribution in [0.2, 0.25) is 0 Å². The summed E-state index contributed by atoms with van der Waals surface area (Å²) >= 11 is 0. The molecule has 1 N–H and O–H groups in total. The average molecular weight is 308 g/mol. The number of aromatic nitrogens is 4. The molecular formula is C17H20N6. The Morgan fingerprint density at radius 3 is 2.52 bits per heavy atom. The zero-order valence-electron chi connectivity index (χ0n) is 13.8. The summed E-state index contributed by atoms with van der Waals surface area (Å²) in [5.74, 6) is 2.32. The fourth-order valence-corrected chi connectivity index (χ4v) is 2.44. The highest BCUT2D eigenvalue weighted by Crippen LogP contribution is 2.28. The molecule has 2 heterocycles. The average Bonchev–Trinajstić information content (AvgIpc) is 2.91. The molecule has 0 unspecified atom stereocenters. The number of hydrogen-bond acceptors (Lipinski definition) is 5. The van der Waals surface area contributed by atoms with Crippen molar-refractivity contribution in [2.75, 3.05) is 24.3 Å². The molecule has 0 radical (unpaired) electrons. The summed E-state index contributed by atoms with van der Waals surface area (Å²) in [6.45, 7) is 2.00. The van der Waals surface area contributed by atoms with Gasteiger partial charge in [0.2, 0.25) is 5.95 Å².